The van der Waals surface area contributed by atoms with Gasteiger partial charge in [-0.2, -0.15) is 0 Å². The van der Waals surface area contributed by atoms with Crippen LogP contribution in [0, 0.1) is 10.1 Å². The zero-order valence-corrected chi connectivity index (χ0v) is 9.80. The number of anilines is 2. The fourth-order valence-electron chi connectivity index (χ4n) is 1.53. The summed E-state index contributed by atoms with van der Waals surface area (Å²) in [6.45, 7) is 0. The lowest BCUT2D eigenvalue weighted by molar-refractivity contribution is -0.384. The monoisotopic (exact) mass is 263 g/mol. The van der Waals surface area contributed by atoms with Crippen molar-refractivity contribution in [3.05, 3.63) is 40.1 Å². The topological polar surface area (TPSA) is 111 Å². The maximum atomic E-state index is 11.7. The van der Waals surface area contributed by atoms with Gasteiger partial charge in [-0.15, -0.1) is 0 Å². The molecule has 1 aliphatic heterocycles. The maximum Gasteiger partial charge on any atom is 0.332 e. The molecule has 1 aliphatic rings. The molecule has 0 atom stereocenters. The van der Waals surface area contributed by atoms with E-state index < -0.39 is 16.8 Å². The van der Waals surface area contributed by atoms with Crippen molar-refractivity contribution in [1.82, 2.24) is 0 Å². The lowest BCUT2D eigenvalue weighted by atomic mass is 10.1. The van der Waals surface area contributed by atoms with Gasteiger partial charge in [0.25, 0.3) is 11.6 Å². The van der Waals surface area contributed by atoms with E-state index in [9.17, 15) is 19.7 Å². The molecule has 1 amide bonds. The van der Waals surface area contributed by atoms with Gasteiger partial charge >= 0.3 is 5.97 Å². The fourth-order valence-corrected chi connectivity index (χ4v) is 1.53. The fraction of sp³-hybridized carbons (Fsp3) is 0.0909. The predicted octanol–water partition coefficient (Wildman–Crippen LogP) is 1.02. The lowest BCUT2D eigenvalue weighted by Gasteiger charge is -2.20. The number of hydrogen-bond donors (Lipinski definition) is 2. The van der Waals surface area contributed by atoms with Crippen LogP contribution >= 0.6 is 0 Å². The van der Waals surface area contributed by atoms with E-state index in [1.54, 1.807) is 0 Å². The van der Waals surface area contributed by atoms with Crippen LogP contribution < -0.4 is 10.6 Å². The van der Waals surface area contributed by atoms with Crippen molar-refractivity contribution >= 4 is 28.9 Å². The molecule has 0 aromatic heterocycles. The van der Waals surface area contributed by atoms with Crippen molar-refractivity contribution in [3.8, 4) is 0 Å². The van der Waals surface area contributed by atoms with Crippen LogP contribution in [0.3, 0.4) is 0 Å². The first-order valence-corrected chi connectivity index (χ1v) is 5.17. The first-order chi connectivity index (χ1) is 9.01. The number of fused-ring (bicyclic) bond motifs is 1. The lowest BCUT2D eigenvalue weighted by Crippen LogP contribution is -2.26. The van der Waals surface area contributed by atoms with Crippen LogP contribution in [-0.4, -0.2) is 23.9 Å². The first kappa shape index (κ1) is 12.6. The van der Waals surface area contributed by atoms with E-state index in [1.807, 2.05) is 0 Å². The van der Waals surface area contributed by atoms with E-state index in [1.165, 1.54) is 25.3 Å². The number of methoxy groups -OCH3 is 1. The van der Waals surface area contributed by atoms with Crippen LogP contribution in [0.25, 0.3) is 0 Å². The van der Waals surface area contributed by atoms with E-state index >= 15 is 0 Å². The molecule has 98 valence electrons. The number of nitro groups is 1. The second-order valence-corrected chi connectivity index (χ2v) is 3.65. The summed E-state index contributed by atoms with van der Waals surface area (Å²) in [4.78, 5) is 32.8. The number of hydrogen-bond acceptors (Lipinski definition) is 6. The molecule has 0 aliphatic carbocycles. The average Bonchev–Trinajstić information content (AvgIpc) is 2.38. The zero-order chi connectivity index (χ0) is 14.0. The Kier molecular flexibility index (Phi) is 3.15. The number of carbonyl (C=O) groups excluding carboxylic acids is 2. The van der Waals surface area contributed by atoms with Crippen molar-refractivity contribution < 1.29 is 19.2 Å². The summed E-state index contributed by atoms with van der Waals surface area (Å²) < 4.78 is 4.42. The number of benzene rings is 1. The summed E-state index contributed by atoms with van der Waals surface area (Å²) in [5.74, 6) is -1.25. The highest BCUT2D eigenvalue weighted by Gasteiger charge is 2.22. The van der Waals surface area contributed by atoms with Gasteiger partial charge in [0.1, 0.15) is 5.70 Å². The van der Waals surface area contributed by atoms with E-state index in [0.717, 1.165) is 6.08 Å². The first-order valence-electron chi connectivity index (χ1n) is 5.17. The SMILES string of the molecule is COC(=O)/C=C1/Nc2ccc([N+](=O)[O-])cc2NC1=O. The molecular formula is C11H9N3O5. The van der Waals surface area contributed by atoms with Gasteiger partial charge in [-0.1, -0.05) is 0 Å². The number of non-ortho nitro benzene ring substituents is 1. The average molecular weight is 263 g/mol. The number of ether oxygens (including phenoxy) is 1. The predicted molar refractivity (Wildman–Crippen MR) is 65.4 cm³/mol. The Labute approximate surface area is 107 Å². The van der Waals surface area contributed by atoms with Crippen LogP contribution in [0.2, 0.25) is 0 Å². The molecule has 2 rings (SSSR count). The Bertz CT molecular complexity index is 608. The van der Waals surface area contributed by atoms with Crippen LogP contribution in [0.4, 0.5) is 17.1 Å². The number of carbonyl (C=O) groups is 2. The minimum Gasteiger partial charge on any atom is -0.466 e. The van der Waals surface area contributed by atoms with Crippen LogP contribution in [-0.2, 0) is 14.3 Å². The van der Waals surface area contributed by atoms with Crippen molar-refractivity contribution in [2.45, 2.75) is 0 Å². The second kappa shape index (κ2) is 4.77. The molecule has 0 fully saturated rings. The Morgan fingerprint density at radius 3 is 2.74 bits per heavy atom. The number of nitrogens with zero attached hydrogens (tertiary/aromatic N) is 1. The van der Waals surface area contributed by atoms with Gasteiger partial charge in [0, 0.05) is 12.1 Å². The maximum absolute atomic E-state index is 11.7. The summed E-state index contributed by atoms with van der Waals surface area (Å²) in [6.07, 6.45) is 1.000. The van der Waals surface area contributed by atoms with Gasteiger partial charge in [-0.3, -0.25) is 14.9 Å². The van der Waals surface area contributed by atoms with E-state index in [0.29, 0.717) is 5.69 Å². The number of nitro benzene ring substituents is 1. The molecule has 0 radical (unpaired) electrons. The number of amides is 1. The van der Waals surface area contributed by atoms with Crippen LogP contribution in [0.15, 0.2) is 30.0 Å². The van der Waals surface area contributed by atoms with Crippen LogP contribution in [0.5, 0.6) is 0 Å². The minimum absolute atomic E-state index is 0.00760. The van der Waals surface area contributed by atoms with Gasteiger partial charge in [-0.25, -0.2) is 4.79 Å². The van der Waals surface area contributed by atoms with Gasteiger partial charge < -0.3 is 15.4 Å². The number of nitrogens with one attached hydrogen (secondary N) is 2. The molecule has 0 spiro atoms. The molecule has 19 heavy (non-hydrogen) atoms. The van der Waals surface area contributed by atoms with Crippen molar-refractivity contribution in [3.63, 3.8) is 0 Å². The minimum atomic E-state index is -0.678. The van der Waals surface area contributed by atoms with Crippen molar-refractivity contribution in [2.24, 2.45) is 0 Å². The summed E-state index contributed by atoms with van der Waals surface area (Å²) in [7, 11) is 1.19. The number of esters is 1. The Morgan fingerprint density at radius 2 is 2.11 bits per heavy atom. The quantitative estimate of drug-likeness (QED) is 0.356. The van der Waals surface area contributed by atoms with Crippen molar-refractivity contribution in [1.29, 1.82) is 0 Å². The van der Waals surface area contributed by atoms with Gasteiger partial charge in [-0.05, 0) is 6.07 Å². The third kappa shape index (κ3) is 2.51. The molecule has 8 nitrogen and oxygen atoms in total. The normalized spacial score (nSPS) is 15.2. The highest BCUT2D eigenvalue weighted by molar-refractivity contribution is 6.13. The van der Waals surface area contributed by atoms with Crippen molar-refractivity contribution in [2.75, 3.05) is 17.7 Å². The molecule has 2 N–H and O–H groups in total. The highest BCUT2D eigenvalue weighted by Crippen LogP contribution is 2.31. The molecule has 0 saturated heterocycles. The highest BCUT2D eigenvalue weighted by atomic mass is 16.6. The molecule has 8 heteroatoms. The van der Waals surface area contributed by atoms with Gasteiger partial charge in [0.2, 0.25) is 0 Å². The van der Waals surface area contributed by atoms with E-state index in [-0.39, 0.29) is 17.1 Å². The second-order valence-electron chi connectivity index (χ2n) is 3.65. The molecule has 1 heterocycles. The molecule has 0 bridgehead atoms. The molecule has 0 saturated carbocycles. The Balaban J connectivity index is 2.35. The van der Waals surface area contributed by atoms with Crippen LogP contribution in [0.1, 0.15) is 0 Å². The third-order valence-corrected chi connectivity index (χ3v) is 2.44. The Morgan fingerprint density at radius 1 is 1.37 bits per heavy atom. The Hall–Kier alpha value is -2.90. The zero-order valence-electron chi connectivity index (χ0n) is 9.80. The largest absolute Gasteiger partial charge is 0.466 e. The van der Waals surface area contributed by atoms with E-state index in [2.05, 4.69) is 15.4 Å². The van der Waals surface area contributed by atoms with E-state index in [4.69, 9.17) is 0 Å². The molecular weight excluding hydrogens is 254 g/mol. The van der Waals surface area contributed by atoms with Gasteiger partial charge in [0.15, 0.2) is 0 Å². The summed E-state index contributed by atoms with van der Waals surface area (Å²) in [6, 6.07) is 3.96. The molecule has 1 aromatic carbocycles. The summed E-state index contributed by atoms with van der Waals surface area (Å²) in [5.41, 5.74) is 0.607. The number of rotatable bonds is 2. The third-order valence-electron chi connectivity index (χ3n) is 2.44. The molecule has 0 unspecified atom stereocenters. The smallest absolute Gasteiger partial charge is 0.332 e. The standard InChI is InChI=1S/C11H9N3O5/c1-19-10(15)5-9-11(16)13-8-4-6(14(17)18)2-3-7(8)12-9/h2-5,12H,1H3,(H,13,16)/b9-5+. The summed E-state index contributed by atoms with van der Waals surface area (Å²) >= 11 is 0. The molecule has 1 aromatic rings. The summed E-state index contributed by atoms with van der Waals surface area (Å²) in [5, 5.41) is 15.8. The van der Waals surface area contributed by atoms with Gasteiger partial charge in [0.05, 0.1) is 29.5 Å².